The highest BCUT2D eigenvalue weighted by Crippen LogP contribution is 2.37. The van der Waals surface area contributed by atoms with Crippen molar-refractivity contribution in [2.24, 2.45) is 0 Å². The molecule has 0 amide bonds. The summed E-state index contributed by atoms with van der Waals surface area (Å²) in [5.74, 6) is 2.02. The average Bonchev–Trinajstić information content (AvgIpc) is 3.15. The molecule has 0 saturated heterocycles. The van der Waals surface area contributed by atoms with Gasteiger partial charge in [0.15, 0.2) is 11.5 Å². The molecule has 1 N–H and O–H groups in total. The molecule has 0 aliphatic heterocycles. The van der Waals surface area contributed by atoms with Crippen molar-refractivity contribution in [2.45, 2.75) is 19.7 Å². The Bertz CT molecular complexity index is 796. The number of hydrogen-bond donors (Lipinski definition) is 1. The highest BCUT2D eigenvalue weighted by Gasteiger charge is 2.12. The lowest BCUT2D eigenvalue weighted by atomic mass is 10.2. The van der Waals surface area contributed by atoms with E-state index in [1.54, 1.807) is 25.8 Å². The molecule has 0 spiro atoms. The molecule has 0 atom stereocenters. The van der Waals surface area contributed by atoms with E-state index in [9.17, 15) is 0 Å². The third kappa shape index (κ3) is 5.39. The average molecular weight is 394 g/mol. The molecule has 138 valence electrons. The summed E-state index contributed by atoms with van der Waals surface area (Å²) in [6, 6.07) is 11.4. The molecular formula is C19H19Cl2N2O3-. The molecule has 0 bridgehead atoms. The SMILES string of the molecule is COc1cc(CNCc2ccco2)cc(Cl)c1OCc1cccnc1.[Cl-]. The molecule has 0 fully saturated rings. The topological polar surface area (TPSA) is 56.5 Å². The van der Waals surface area contributed by atoms with Crippen LogP contribution in [0.5, 0.6) is 11.5 Å². The standard InChI is InChI=1S/C19H19ClN2O3.ClH/c1-23-18-9-15(11-22-12-16-5-3-7-24-16)8-17(20)19(18)25-13-14-4-2-6-21-10-14;/h2-10,22H,11-13H2,1H3;1H/p-1. The Morgan fingerprint density at radius 3 is 2.73 bits per heavy atom. The predicted molar refractivity (Wildman–Crippen MR) is 95.8 cm³/mol. The molecule has 26 heavy (non-hydrogen) atoms. The second-order valence-electron chi connectivity index (χ2n) is 5.44. The van der Waals surface area contributed by atoms with Crippen LogP contribution in [0.25, 0.3) is 0 Å². The number of aromatic nitrogens is 1. The lowest BCUT2D eigenvalue weighted by Crippen LogP contribution is -3.00. The summed E-state index contributed by atoms with van der Waals surface area (Å²) in [5.41, 5.74) is 1.96. The number of hydrogen-bond acceptors (Lipinski definition) is 5. The number of methoxy groups -OCH3 is 1. The van der Waals surface area contributed by atoms with Crippen LogP contribution in [0.2, 0.25) is 5.02 Å². The fourth-order valence-electron chi connectivity index (χ4n) is 2.40. The normalized spacial score (nSPS) is 10.2. The van der Waals surface area contributed by atoms with Crippen LogP contribution in [0.1, 0.15) is 16.9 Å². The molecule has 0 radical (unpaired) electrons. The fourth-order valence-corrected chi connectivity index (χ4v) is 2.69. The van der Waals surface area contributed by atoms with Crippen LogP contribution in [0.15, 0.2) is 59.5 Å². The second kappa shape index (κ2) is 10.1. The number of nitrogens with one attached hydrogen (secondary N) is 1. The predicted octanol–water partition coefficient (Wildman–Crippen LogP) is 1.21. The van der Waals surface area contributed by atoms with Gasteiger partial charge in [-0.2, -0.15) is 0 Å². The molecule has 5 nitrogen and oxygen atoms in total. The lowest BCUT2D eigenvalue weighted by Gasteiger charge is -2.14. The summed E-state index contributed by atoms with van der Waals surface area (Å²) in [7, 11) is 1.60. The van der Waals surface area contributed by atoms with E-state index in [2.05, 4.69) is 10.3 Å². The molecule has 2 aromatic heterocycles. The van der Waals surface area contributed by atoms with Crippen molar-refractivity contribution in [1.82, 2.24) is 10.3 Å². The summed E-state index contributed by atoms with van der Waals surface area (Å²) < 4.78 is 16.6. The summed E-state index contributed by atoms with van der Waals surface area (Å²) in [4.78, 5) is 4.07. The third-order valence-corrected chi connectivity index (χ3v) is 3.88. The van der Waals surface area contributed by atoms with Crippen molar-refractivity contribution in [1.29, 1.82) is 0 Å². The first-order chi connectivity index (χ1) is 12.3. The first kappa shape index (κ1) is 20.1. The maximum absolute atomic E-state index is 6.39. The maximum Gasteiger partial charge on any atom is 0.180 e. The number of ether oxygens (including phenoxy) is 2. The van der Waals surface area contributed by atoms with Gasteiger partial charge in [-0.25, -0.2) is 0 Å². The maximum atomic E-state index is 6.39. The number of nitrogens with zero attached hydrogens (tertiary/aromatic N) is 1. The Morgan fingerprint density at radius 1 is 1.15 bits per heavy atom. The van der Waals surface area contributed by atoms with Crippen molar-refractivity contribution < 1.29 is 26.3 Å². The molecular weight excluding hydrogens is 375 g/mol. The summed E-state index contributed by atoms with van der Waals surface area (Å²) in [6.07, 6.45) is 5.14. The number of furan rings is 1. The van der Waals surface area contributed by atoms with Crippen molar-refractivity contribution in [3.05, 3.63) is 77.0 Å². The Kier molecular flexibility index (Phi) is 7.78. The first-order valence-corrected chi connectivity index (χ1v) is 8.25. The van der Waals surface area contributed by atoms with Crippen molar-refractivity contribution in [2.75, 3.05) is 7.11 Å². The minimum atomic E-state index is 0. The molecule has 3 rings (SSSR count). The van der Waals surface area contributed by atoms with Crippen LogP contribution in [0.4, 0.5) is 0 Å². The molecule has 0 saturated carbocycles. The Morgan fingerprint density at radius 2 is 2.04 bits per heavy atom. The zero-order valence-corrected chi connectivity index (χ0v) is 15.8. The summed E-state index contributed by atoms with van der Waals surface area (Å²) in [6.45, 7) is 1.66. The molecule has 0 aliphatic rings. The van der Waals surface area contributed by atoms with E-state index >= 15 is 0 Å². The van der Waals surface area contributed by atoms with Crippen LogP contribution < -0.4 is 27.2 Å². The Balaban J connectivity index is 0.00000243. The minimum absolute atomic E-state index is 0. The molecule has 0 aliphatic carbocycles. The number of benzene rings is 1. The Labute approximate surface area is 163 Å². The summed E-state index contributed by atoms with van der Waals surface area (Å²) >= 11 is 6.39. The van der Waals surface area contributed by atoms with Gasteiger partial charge in [-0.3, -0.25) is 4.98 Å². The zero-order valence-electron chi connectivity index (χ0n) is 14.2. The van der Waals surface area contributed by atoms with Crippen molar-refractivity contribution >= 4 is 11.6 Å². The van der Waals surface area contributed by atoms with Gasteiger partial charge in [-0.15, -0.1) is 0 Å². The van der Waals surface area contributed by atoms with Gasteiger partial charge in [-0.05, 0) is 35.9 Å². The molecule has 1 aromatic carbocycles. The van der Waals surface area contributed by atoms with E-state index in [-0.39, 0.29) is 12.4 Å². The van der Waals surface area contributed by atoms with E-state index in [1.165, 1.54) is 0 Å². The van der Waals surface area contributed by atoms with Gasteiger partial charge in [0.25, 0.3) is 0 Å². The third-order valence-electron chi connectivity index (χ3n) is 3.60. The molecule has 0 unspecified atom stereocenters. The minimum Gasteiger partial charge on any atom is -1.00 e. The number of rotatable bonds is 8. The fraction of sp³-hybridized carbons (Fsp3) is 0.211. The molecule has 2 heterocycles. The van der Waals surface area contributed by atoms with E-state index in [4.69, 9.17) is 25.5 Å². The van der Waals surface area contributed by atoms with Crippen LogP contribution in [0.3, 0.4) is 0 Å². The quantitative estimate of drug-likeness (QED) is 0.623. The van der Waals surface area contributed by atoms with Gasteiger partial charge < -0.3 is 31.6 Å². The zero-order chi connectivity index (χ0) is 17.5. The number of pyridine rings is 1. The van der Waals surface area contributed by atoms with Crippen LogP contribution in [-0.4, -0.2) is 12.1 Å². The molecule has 7 heteroatoms. The van der Waals surface area contributed by atoms with Gasteiger partial charge >= 0.3 is 0 Å². The highest BCUT2D eigenvalue weighted by atomic mass is 35.5. The monoisotopic (exact) mass is 393 g/mol. The highest BCUT2D eigenvalue weighted by molar-refractivity contribution is 6.32. The van der Waals surface area contributed by atoms with Gasteiger partial charge in [0.05, 0.1) is 24.9 Å². The van der Waals surface area contributed by atoms with E-state index < -0.39 is 0 Å². The second-order valence-corrected chi connectivity index (χ2v) is 5.85. The van der Waals surface area contributed by atoms with E-state index in [1.807, 2.05) is 36.4 Å². The van der Waals surface area contributed by atoms with Gasteiger partial charge in [-0.1, -0.05) is 17.7 Å². The van der Waals surface area contributed by atoms with E-state index in [0.717, 1.165) is 16.9 Å². The van der Waals surface area contributed by atoms with Gasteiger partial charge in [0.1, 0.15) is 12.4 Å². The van der Waals surface area contributed by atoms with E-state index in [0.29, 0.717) is 36.2 Å². The van der Waals surface area contributed by atoms with Crippen molar-refractivity contribution in [3.63, 3.8) is 0 Å². The van der Waals surface area contributed by atoms with Gasteiger partial charge in [0.2, 0.25) is 0 Å². The van der Waals surface area contributed by atoms with Crippen LogP contribution in [-0.2, 0) is 19.7 Å². The Hall–Kier alpha value is -2.21. The first-order valence-electron chi connectivity index (χ1n) is 7.87. The van der Waals surface area contributed by atoms with Crippen LogP contribution >= 0.6 is 11.6 Å². The summed E-state index contributed by atoms with van der Waals surface area (Å²) in [5, 5.41) is 3.81. The van der Waals surface area contributed by atoms with Crippen LogP contribution in [0, 0.1) is 0 Å². The lowest BCUT2D eigenvalue weighted by molar-refractivity contribution is -0.00000611. The number of halogens is 2. The van der Waals surface area contributed by atoms with Crippen molar-refractivity contribution in [3.8, 4) is 11.5 Å². The van der Waals surface area contributed by atoms with Gasteiger partial charge in [0, 0.05) is 24.5 Å². The molecule has 3 aromatic rings. The largest absolute Gasteiger partial charge is 1.00 e. The smallest absolute Gasteiger partial charge is 0.180 e.